The lowest BCUT2D eigenvalue weighted by atomic mass is 10.1. The molecule has 142 valence electrons. The third-order valence-corrected chi connectivity index (χ3v) is 6.46. The Hall–Kier alpha value is -2.64. The number of thiazole rings is 1. The van der Waals surface area contributed by atoms with Gasteiger partial charge in [-0.25, -0.2) is 4.98 Å². The quantitative estimate of drug-likeness (QED) is 0.630. The highest BCUT2D eigenvalue weighted by Gasteiger charge is 2.16. The van der Waals surface area contributed by atoms with Crippen molar-refractivity contribution in [2.24, 2.45) is 0 Å². The monoisotopic (exact) mass is 409 g/mol. The Morgan fingerprint density at radius 1 is 1.14 bits per heavy atom. The summed E-state index contributed by atoms with van der Waals surface area (Å²) in [4.78, 5) is 29.9. The van der Waals surface area contributed by atoms with Crippen molar-refractivity contribution in [3.05, 3.63) is 58.5 Å². The topological polar surface area (TPSA) is 71.1 Å². The SMILES string of the molecule is Cc1ccc(-c2csc(NC(=O)c3ccc4c(c3)NC(=O)CCS4)n2)cc1C. The molecule has 1 aliphatic rings. The fourth-order valence-electron chi connectivity index (χ4n) is 2.89. The Labute approximate surface area is 171 Å². The number of nitrogens with one attached hydrogen (secondary N) is 2. The number of hydrogen-bond donors (Lipinski definition) is 2. The Morgan fingerprint density at radius 3 is 2.82 bits per heavy atom. The van der Waals surface area contributed by atoms with Crippen LogP contribution >= 0.6 is 23.1 Å². The molecule has 3 aromatic rings. The second-order valence-corrected chi connectivity index (χ2v) is 8.64. The second-order valence-electron chi connectivity index (χ2n) is 6.65. The summed E-state index contributed by atoms with van der Waals surface area (Å²) in [6.07, 6.45) is 0.473. The Balaban J connectivity index is 1.52. The van der Waals surface area contributed by atoms with Crippen molar-refractivity contribution >= 4 is 45.7 Å². The first-order valence-electron chi connectivity index (χ1n) is 8.91. The summed E-state index contributed by atoms with van der Waals surface area (Å²) < 4.78 is 0. The Morgan fingerprint density at radius 2 is 2.00 bits per heavy atom. The molecule has 0 radical (unpaired) electrons. The first kappa shape index (κ1) is 18.7. The molecule has 4 rings (SSSR count). The van der Waals surface area contributed by atoms with Crippen LogP contribution in [0.1, 0.15) is 27.9 Å². The van der Waals surface area contributed by atoms with E-state index in [9.17, 15) is 9.59 Å². The molecule has 0 unspecified atom stereocenters. The van der Waals surface area contributed by atoms with Gasteiger partial charge in [0.2, 0.25) is 5.91 Å². The van der Waals surface area contributed by atoms with E-state index < -0.39 is 0 Å². The van der Waals surface area contributed by atoms with Gasteiger partial charge in [0.15, 0.2) is 5.13 Å². The molecule has 0 bridgehead atoms. The van der Waals surface area contributed by atoms with Gasteiger partial charge < -0.3 is 5.32 Å². The lowest BCUT2D eigenvalue weighted by molar-refractivity contribution is -0.115. The van der Waals surface area contributed by atoms with E-state index in [4.69, 9.17) is 0 Å². The van der Waals surface area contributed by atoms with Crippen LogP contribution in [0, 0.1) is 13.8 Å². The minimum Gasteiger partial charge on any atom is -0.325 e. The molecule has 28 heavy (non-hydrogen) atoms. The third-order valence-electron chi connectivity index (χ3n) is 4.63. The molecule has 1 aliphatic heterocycles. The number of benzene rings is 2. The summed E-state index contributed by atoms with van der Waals surface area (Å²) in [6, 6.07) is 11.6. The minimum atomic E-state index is -0.243. The molecule has 0 saturated carbocycles. The van der Waals surface area contributed by atoms with Gasteiger partial charge in [0, 0.05) is 33.6 Å². The first-order chi connectivity index (χ1) is 13.5. The van der Waals surface area contributed by atoms with E-state index in [1.54, 1.807) is 23.9 Å². The number of aryl methyl sites for hydroxylation is 2. The maximum atomic E-state index is 12.6. The van der Waals surface area contributed by atoms with Crippen molar-refractivity contribution in [1.29, 1.82) is 0 Å². The zero-order chi connectivity index (χ0) is 19.7. The summed E-state index contributed by atoms with van der Waals surface area (Å²) in [5.41, 5.74) is 5.50. The predicted molar refractivity (Wildman–Crippen MR) is 115 cm³/mol. The highest BCUT2D eigenvalue weighted by Crippen LogP contribution is 2.32. The van der Waals surface area contributed by atoms with Gasteiger partial charge in [-0.2, -0.15) is 0 Å². The van der Waals surface area contributed by atoms with Gasteiger partial charge in [0.05, 0.1) is 11.4 Å². The summed E-state index contributed by atoms with van der Waals surface area (Å²) >= 11 is 3.01. The van der Waals surface area contributed by atoms with Crippen LogP contribution < -0.4 is 10.6 Å². The highest BCUT2D eigenvalue weighted by atomic mass is 32.2. The largest absolute Gasteiger partial charge is 0.325 e. The number of nitrogens with zero attached hydrogens (tertiary/aromatic N) is 1. The molecule has 1 aromatic heterocycles. The molecule has 5 nitrogen and oxygen atoms in total. The number of aromatic nitrogens is 1. The van der Waals surface area contributed by atoms with Gasteiger partial charge in [-0.1, -0.05) is 12.1 Å². The van der Waals surface area contributed by atoms with Crippen molar-refractivity contribution < 1.29 is 9.59 Å². The number of amides is 2. The van der Waals surface area contributed by atoms with Gasteiger partial charge >= 0.3 is 0 Å². The summed E-state index contributed by atoms with van der Waals surface area (Å²) in [5, 5.41) is 8.21. The molecule has 0 aliphatic carbocycles. The molecule has 2 aromatic carbocycles. The maximum Gasteiger partial charge on any atom is 0.257 e. The number of hydrogen-bond acceptors (Lipinski definition) is 5. The van der Waals surface area contributed by atoms with Crippen molar-refractivity contribution in [1.82, 2.24) is 4.98 Å². The van der Waals surface area contributed by atoms with E-state index in [0.717, 1.165) is 21.9 Å². The molecular weight excluding hydrogens is 390 g/mol. The van der Waals surface area contributed by atoms with E-state index in [1.807, 2.05) is 17.5 Å². The van der Waals surface area contributed by atoms with Crippen molar-refractivity contribution in [2.75, 3.05) is 16.4 Å². The predicted octanol–water partition coefficient (Wildman–Crippen LogP) is 5.11. The standard InChI is InChI=1S/C21H19N3O2S2/c1-12-3-4-14(9-13(12)2)17-11-28-21(23-17)24-20(26)15-5-6-18-16(10-15)22-19(25)7-8-27-18/h3-6,9-11H,7-8H2,1-2H3,(H,22,25)(H,23,24,26). The van der Waals surface area contributed by atoms with Crippen LogP contribution in [0.4, 0.5) is 10.8 Å². The van der Waals surface area contributed by atoms with Crippen molar-refractivity contribution in [2.45, 2.75) is 25.2 Å². The molecule has 2 heterocycles. The van der Waals surface area contributed by atoms with Gasteiger partial charge in [0.25, 0.3) is 5.91 Å². The fraction of sp³-hybridized carbons (Fsp3) is 0.190. The fourth-order valence-corrected chi connectivity index (χ4v) is 4.55. The van der Waals surface area contributed by atoms with E-state index >= 15 is 0 Å². The van der Waals surface area contributed by atoms with Gasteiger partial charge in [-0.15, -0.1) is 23.1 Å². The number of rotatable bonds is 3. The average Bonchev–Trinajstić information content (AvgIpc) is 3.04. The Kier molecular flexibility index (Phi) is 5.19. The van der Waals surface area contributed by atoms with E-state index in [2.05, 4.69) is 41.6 Å². The number of anilines is 2. The Bertz CT molecular complexity index is 1080. The van der Waals surface area contributed by atoms with Crippen LogP contribution in [0.25, 0.3) is 11.3 Å². The van der Waals surface area contributed by atoms with Crippen molar-refractivity contribution in [3.63, 3.8) is 0 Å². The number of carbonyl (C=O) groups is 2. The molecule has 0 spiro atoms. The van der Waals surface area contributed by atoms with E-state index in [-0.39, 0.29) is 11.8 Å². The van der Waals surface area contributed by atoms with Crippen LogP contribution in [0.3, 0.4) is 0 Å². The van der Waals surface area contributed by atoms with Gasteiger partial charge in [-0.3, -0.25) is 14.9 Å². The molecule has 2 N–H and O–H groups in total. The second kappa shape index (κ2) is 7.77. The van der Waals surface area contributed by atoms with Crippen LogP contribution in [-0.2, 0) is 4.79 Å². The normalized spacial score (nSPS) is 13.4. The molecule has 0 atom stereocenters. The lowest BCUT2D eigenvalue weighted by Gasteiger charge is -2.08. The molecule has 2 amide bonds. The van der Waals surface area contributed by atoms with Gasteiger partial charge in [-0.05, 0) is 49.2 Å². The number of thioether (sulfide) groups is 1. The van der Waals surface area contributed by atoms with Crippen LogP contribution in [0.2, 0.25) is 0 Å². The number of fused-ring (bicyclic) bond motifs is 1. The number of carbonyl (C=O) groups excluding carboxylic acids is 2. The lowest BCUT2D eigenvalue weighted by Crippen LogP contribution is -2.14. The minimum absolute atomic E-state index is 0.0261. The zero-order valence-electron chi connectivity index (χ0n) is 15.5. The molecule has 0 fully saturated rings. The summed E-state index contributed by atoms with van der Waals surface area (Å²) in [6.45, 7) is 4.15. The molecule has 0 saturated heterocycles. The first-order valence-corrected chi connectivity index (χ1v) is 10.8. The molecule has 7 heteroatoms. The zero-order valence-corrected chi connectivity index (χ0v) is 17.2. The van der Waals surface area contributed by atoms with Crippen LogP contribution in [-0.4, -0.2) is 22.6 Å². The van der Waals surface area contributed by atoms with Gasteiger partial charge in [0.1, 0.15) is 0 Å². The van der Waals surface area contributed by atoms with Crippen LogP contribution in [0.15, 0.2) is 46.7 Å². The van der Waals surface area contributed by atoms with Crippen molar-refractivity contribution in [3.8, 4) is 11.3 Å². The van der Waals surface area contributed by atoms with Crippen LogP contribution in [0.5, 0.6) is 0 Å². The highest BCUT2D eigenvalue weighted by molar-refractivity contribution is 7.99. The summed E-state index contributed by atoms with van der Waals surface area (Å²) in [7, 11) is 0. The maximum absolute atomic E-state index is 12.6. The van der Waals surface area contributed by atoms with E-state index in [0.29, 0.717) is 22.8 Å². The average molecular weight is 410 g/mol. The summed E-state index contributed by atoms with van der Waals surface area (Å²) in [5.74, 6) is 0.471. The smallest absolute Gasteiger partial charge is 0.257 e. The third kappa shape index (κ3) is 3.95. The van der Waals surface area contributed by atoms with E-state index in [1.165, 1.54) is 22.5 Å². The molecular formula is C21H19N3O2S2.